The van der Waals surface area contributed by atoms with E-state index in [2.05, 4.69) is 26.5 Å². The molecule has 1 atom stereocenters. The van der Waals surface area contributed by atoms with E-state index in [1.54, 1.807) is 6.21 Å². The van der Waals surface area contributed by atoms with E-state index in [-0.39, 0.29) is 11.2 Å². The molecule has 2 rings (SSSR count). The Bertz CT molecular complexity index is 671. The minimum Gasteiger partial charge on any atom is -0.272 e. The Kier molecular flexibility index (Phi) is 6.21. The Balaban J connectivity index is 1.87. The minimum atomic E-state index is -0.206. The van der Waals surface area contributed by atoms with E-state index in [0.717, 1.165) is 14.9 Å². The highest BCUT2D eigenvalue weighted by atomic mass is 79.9. The lowest BCUT2D eigenvalue weighted by Crippen LogP contribution is -2.26. The molecule has 5 heteroatoms. The van der Waals surface area contributed by atoms with Crippen molar-refractivity contribution in [2.24, 2.45) is 5.10 Å². The van der Waals surface area contributed by atoms with Gasteiger partial charge in [0.25, 0.3) is 5.91 Å². The van der Waals surface area contributed by atoms with Crippen LogP contribution in [0.3, 0.4) is 0 Å². The third-order valence-corrected chi connectivity index (χ3v) is 4.55. The van der Waals surface area contributed by atoms with E-state index in [1.807, 2.05) is 62.4 Å². The molecule has 0 aromatic heterocycles. The van der Waals surface area contributed by atoms with Gasteiger partial charge in [-0.15, -0.1) is 11.8 Å². The zero-order valence-electron chi connectivity index (χ0n) is 12.4. The molecule has 0 unspecified atom stereocenters. The standard InChI is InChI=1S/C17H17BrN2OS/c1-12-6-8-16(9-7-12)22-13(2)17(21)20-19-11-14-4-3-5-15(18)10-14/h3-11,13H,1-2H3,(H,20,21)/b19-11-/t13-/m1/s1. The van der Waals surface area contributed by atoms with E-state index in [9.17, 15) is 4.79 Å². The van der Waals surface area contributed by atoms with Crippen molar-refractivity contribution in [3.63, 3.8) is 0 Å². The summed E-state index contributed by atoms with van der Waals surface area (Å²) in [5, 5.41) is 3.79. The lowest BCUT2D eigenvalue weighted by atomic mass is 10.2. The molecule has 0 fully saturated rings. The van der Waals surface area contributed by atoms with Crippen molar-refractivity contribution in [2.45, 2.75) is 24.0 Å². The highest BCUT2D eigenvalue weighted by Crippen LogP contribution is 2.23. The summed E-state index contributed by atoms with van der Waals surface area (Å²) in [7, 11) is 0. The Morgan fingerprint density at radius 2 is 2.00 bits per heavy atom. The average molecular weight is 377 g/mol. The molecule has 0 aliphatic carbocycles. The summed E-state index contributed by atoms with van der Waals surface area (Å²) in [4.78, 5) is 13.1. The van der Waals surface area contributed by atoms with Crippen LogP contribution in [0.25, 0.3) is 0 Å². The minimum absolute atomic E-state index is 0.114. The Morgan fingerprint density at radius 3 is 2.68 bits per heavy atom. The Labute approximate surface area is 143 Å². The van der Waals surface area contributed by atoms with Gasteiger partial charge in [0.15, 0.2) is 0 Å². The molecular weight excluding hydrogens is 360 g/mol. The molecule has 22 heavy (non-hydrogen) atoms. The maximum Gasteiger partial charge on any atom is 0.253 e. The SMILES string of the molecule is Cc1ccc(S[C@H](C)C(=O)N/N=C\c2cccc(Br)c2)cc1. The number of rotatable bonds is 5. The van der Waals surface area contributed by atoms with Gasteiger partial charge in [-0.3, -0.25) is 4.79 Å². The van der Waals surface area contributed by atoms with Crippen LogP contribution in [0.1, 0.15) is 18.1 Å². The van der Waals surface area contributed by atoms with Crippen LogP contribution in [-0.4, -0.2) is 17.4 Å². The van der Waals surface area contributed by atoms with Crippen LogP contribution < -0.4 is 5.43 Å². The van der Waals surface area contributed by atoms with Crippen molar-refractivity contribution in [3.05, 3.63) is 64.1 Å². The molecule has 0 spiro atoms. The predicted molar refractivity (Wildman–Crippen MR) is 96.4 cm³/mol. The molecule has 114 valence electrons. The monoisotopic (exact) mass is 376 g/mol. The fraction of sp³-hybridized carbons (Fsp3) is 0.176. The fourth-order valence-electron chi connectivity index (χ4n) is 1.72. The second kappa shape index (κ2) is 8.15. The number of hydrogen-bond donors (Lipinski definition) is 1. The van der Waals surface area contributed by atoms with Gasteiger partial charge in [-0.1, -0.05) is 45.8 Å². The first-order valence-corrected chi connectivity index (χ1v) is 8.53. The number of amides is 1. The predicted octanol–water partition coefficient (Wildman–Crippen LogP) is 4.39. The fourth-order valence-corrected chi connectivity index (χ4v) is 3.00. The van der Waals surface area contributed by atoms with E-state index in [0.29, 0.717) is 0 Å². The first-order valence-electron chi connectivity index (χ1n) is 6.86. The molecule has 0 heterocycles. The zero-order valence-corrected chi connectivity index (χ0v) is 14.8. The lowest BCUT2D eigenvalue weighted by molar-refractivity contribution is -0.120. The van der Waals surface area contributed by atoms with Crippen LogP contribution in [-0.2, 0) is 4.79 Å². The van der Waals surface area contributed by atoms with Gasteiger partial charge in [0.1, 0.15) is 0 Å². The Hall–Kier alpha value is -1.59. The summed E-state index contributed by atoms with van der Waals surface area (Å²) in [5.74, 6) is -0.114. The van der Waals surface area contributed by atoms with Crippen molar-refractivity contribution >= 4 is 39.8 Å². The molecule has 1 N–H and O–H groups in total. The van der Waals surface area contributed by atoms with Crippen LogP contribution in [0.4, 0.5) is 0 Å². The first kappa shape index (κ1) is 16.8. The normalized spacial score (nSPS) is 12.3. The molecule has 1 amide bonds. The molecule has 2 aromatic carbocycles. The molecule has 3 nitrogen and oxygen atoms in total. The average Bonchev–Trinajstić information content (AvgIpc) is 2.49. The number of carbonyl (C=O) groups excluding carboxylic acids is 1. The van der Waals surface area contributed by atoms with Crippen LogP contribution in [0.5, 0.6) is 0 Å². The van der Waals surface area contributed by atoms with E-state index in [4.69, 9.17) is 0 Å². The quantitative estimate of drug-likeness (QED) is 0.477. The molecule has 0 radical (unpaired) electrons. The van der Waals surface area contributed by atoms with Gasteiger partial charge in [0.2, 0.25) is 0 Å². The summed E-state index contributed by atoms with van der Waals surface area (Å²) >= 11 is 4.91. The summed E-state index contributed by atoms with van der Waals surface area (Å²) in [5.41, 5.74) is 4.71. The first-order chi connectivity index (χ1) is 10.5. The summed E-state index contributed by atoms with van der Waals surface area (Å²) in [6.07, 6.45) is 1.63. The highest BCUT2D eigenvalue weighted by Gasteiger charge is 2.13. The third kappa shape index (κ3) is 5.31. The van der Waals surface area contributed by atoms with Gasteiger partial charge in [-0.05, 0) is 43.7 Å². The molecule has 0 aliphatic rings. The van der Waals surface area contributed by atoms with Crippen LogP contribution in [0, 0.1) is 6.92 Å². The third-order valence-electron chi connectivity index (χ3n) is 2.94. The molecule has 0 saturated carbocycles. The number of aryl methyl sites for hydroxylation is 1. The summed E-state index contributed by atoms with van der Waals surface area (Å²) < 4.78 is 0.978. The van der Waals surface area contributed by atoms with Gasteiger partial charge >= 0.3 is 0 Å². The lowest BCUT2D eigenvalue weighted by Gasteiger charge is -2.09. The summed E-state index contributed by atoms with van der Waals surface area (Å²) in [6, 6.07) is 15.8. The summed E-state index contributed by atoms with van der Waals surface area (Å²) in [6.45, 7) is 3.91. The number of hydrogen-bond acceptors (Lipinski definition) is 3. The highest BCUT2D eigenvalue weighted by molar-refractivity contribution is 9.10. The number of hydrazone groups is 1. The number of benzene rings is 2. The Morgan fingerprint density at radius 1 is 1.27 bits per heavy atom. The van der Waals surface area contributed by atoms with Crippen molar-refractivity contribution in [3.8, 4) is 0 Å². The van der Waals surface area contributed by atoms with Crippen LogP contribution in [0.2, 0.25) is 0 Å². The smallest absolute Gasteiger partial charge is 0.253 e. The number of halogens is 1. The van der Waals surface area contributed by atoms with Gasteiger partial charge in [0, 0.05) is 9.37 Å². The van der Waals surface area contributed by atoms with E-state index >= 15 is 0 Å². The number of carbonyl (C=O) groups is 1. The van der Waals surface area contributed by atoms with Crippen LogP contribution in [0.15, 0.2) is 63.0 Å². The maximum atomic E-state index is 12.0. The van der Waals surface area contributed by atoms with E-state index in [1.165, 1.54) is 17.3 Å². The molecule has 0 bridgehead atoms. The molecule has 2 aromatic rings. The number of thioether (sulfide) groups is 1. The van der Waals surface area contributed by atoms with E-state index < -0.39 is 0 Å². The van der Waals surface area contributed by atoms with Crippen LogP contribution >= 0.6 is 27.7 Å². The maximum absolute atomic E-state index is 12.0. The van der Waals surface area contributed by atoms with Gasteiger partial charge in [0.05, 0.1) is 11.5 Å². The van der Waals surface area contributed by atoms with Crippen molar-refractivity contribution in [1.82, 2.24) is 5.43 Å². The molecule has 0 saturated heterocycles. The zero-order chi connectivity index (χ0) is 15.9. The number of nitrogens with zero attached hydrogens (tertiary/aromatic N) is 1. The topological polar surface area (TPSA) is 41.5 Å². The van der Waals surface area contributed by atoms with Crippen molar-refractivity contribution in [1.29, 1.82) is 0 Å². The van der Waals surface area contributed by atoms with Crippen molar-refractivity contribution in [2.75, 3.05) is 0 Å². The van der Waals surface area contributed by atoms with Crippen molar-refractivity contribution < 1.29 is 4.79 Å². The molecule has 0 aliphatic heterocycles. The second-order valence-electron chi connectivity index (χ2n) is 4.86. The number of nitrogens with one attached hydrogen (secondary N) is 1. The second-order valence-corrected chi connectivity index (χ2v) is 7.19. The van der Waals surface area contributed by atoms with Gasteiger partial charge in [-0.2, -0.15) is 5.10 Å². The van der Waals surface area contributed by atoms with Gasteiger partial charge < -0.3 is 0 Å². The molecular formula is C17H17BrN2OS. The van der Waals surface area contributed by atoms with Gasteiger partial charge in [-0.25, -0.2) is 5.43 Å². The largest absolute Gasteiger partial charge is 0.272 e.